The lowest BCUT2D eigenvalue weighted by Gasteiger charge is -2.21. The Kier molecular flexibility index (Phi) is 5.05. The highest BCUT2D eigenvalue weighted by Crippen LogP contribution is 2.28. The first-order valence-corrected chi connectivity index (χ1v) is 9.33. The number of nitrogens with one attached hydrogen (secondary N) is 1. The molecular formula is C22H19N3O5. The van der Waals surface area contributed by atoms with Crippen molar-refractivity contribution >= 4 is 17.9 Å². The van der Waals surface area contributed by atoms with Crippen LogP contribution in [0.25, 0.3) is 11.3 Å². The Morgan fingerprint density at radius 1 is 1.10 bits per heavy atom. The van der Waals surface area contributed by atoms with E-state index in [9.17, 15) is 14.4 Å². The number of nitrogens with zero attached hydrogens (tertiary/aromatic N) is 2. The first-order chi connectivity index (χ1) is 14.5. The molecule has 152 valence electrons. The monoisotopic (exact) mass is 405 g/mol. The smallest absolute Gasteiger partial charge is 0.326 e. The van der Waals surface area contributed by atoms with Gasteiger partial charge in [-0.2, -0.15) is 0 Å². The largest absolute Gasteiger partial charge is 0.454 e. The summed E-state index contributed by atoms with van der Waals surface area (Å²) in [5, 5.41) is 2.65. The molecule has 0 bridgehead atoms. The van der Waals surface area contributed by atoms with E-state index in [2.05, 4.69) is 10.3 Å². The molecule has 1 aromatic heterocycles. The second-order valence-electron chi connectivity index (χ2n) is 6.96. The van der Waals surface area contributed by atoms with Crippen LogP contribution in [0, 0.1) is 0 Å². The zero-order valence-electron chi connectivity index (χ0n) is 16.2. The van der Waals surface area contributed by atoms with Crippen molar-refractivity contribution in [3.63, 3.8) is 0 Å². The van der Waals surface area contributed by atoms with Crippen LogP contribution in [0.2, 0.25) is 0 Å². The standard InChI is InChI=1S/C22H19N3O5/c1-22(16-10-6-3-7-11-16)20(27)25(21(28)24-22)13-19(26)29-14-18-23-12-17(30-18)15-8-4-2-5-9-15/h2-12H,13-14H2,1H3,(H,24,28)/t22-/m0/s1. The predicted octanol–water partition coefficient (Wildman–Crippen LogP) is 2.85. The number of oxazole rings is 1. The van der Waals surface area contributed by atoms with Gasteiger partial charge in [-0.15, -0.1) is 0 Å². The number of hydrogen-bond acceptors (Lipinski definition) is 6. The summed E-state index contributed by atoms with van der Waals surface area (Å²) in [6, 6.07) is 17.6. The fourth-order valence-electron chi connectivity index (χ4n) is 3.24. The number of benzene rings is 2. The van der Waals surface area contributed by atoms with Crippen LogP contribution in [0.4, 0.5) is 4.79 Å². The molecule has 1 atom stereocenters. The first-order valence-electron chi connectivity index (χ1n) is 9.33. The van der Waals surface area contributed by atoms with Gasteiger partial charge in [-0.3, -0.25) is 14.5 Å². The SMILES string of the molecule is C[C@@]1(c2ccccc2)NC(=O)N(CC(=O)OCc2ncc(-c3ccccc3)o2)C1=O. The third kappa shape index (κ3) is 3.67. The number of urea groups is 1. The second-order valence-corrected chi connectivity index (χ2v) is 6.96. The van der Waals surface area contributed by atoms with Crippen LogP contribution in [-0.2, 0) is 26.5 Å². The van der Waals surface area contributed by atoms with Gasteiger partial charge < -0.3 is 14.5 Å². The Hall–Kier alpha value is -3.94. The number of rotatable bonds is 6. The van der Waals surface area contributed by atoms with Gasteiger partial charge in [-0.1, -0.05) is 60.7 Å². The molecule has 1 aliphatic heterocycles. The van der Waals surface area contributed by atoms with Crippen molar-refractivity contribution in [2.45, 2.75) is 19.1 Å². The molecule has 30 heavy (non-hydrogen) atoms. The minimum absolute atomic E-state index is 0.203. The minimum atomic E-state index is -1.23. The fourth-order valence-corrected chi connectivity index (χ4v) is 3.24. The third-order valence-electron chi connectivity index (χ3n) is 4.88. The molecule has 3 aromatic rings. The van der Waals surface area contributed by atoms with Crippen molar-refractivity contribution in [3.8, 4) is 11.3 Å². The second kappa shape index (κ2) is 7.82. The van der Waals surface area contributed by atoms with Crippen molar-refractivity contribution in [3.05, 3.63) is 78.3 Å². The summed E-state index contributed by atoms with van der Waals surface area (Å²) in [5.74, 6) is -0.490. The van der Waals surface area contributed by atoms with E-state index >= 15 is 0 Å². The molecular weight excluding hydrogens is 386 g/mol. The molecule has 1 fully saturated rings. The summed E-state index contributed by atoms with van der Waals surface area (Å²) in [4.78, 5) is 42.3. The molecule has 3 amide bonds. The molecule has 0 radical (unpaired) electrons. The summed E-state index contributed by atoms with van der Waals surface area (Å²) in [7, 11) is 0. The van der Waals surface area contributed by atoms with Crippen LogP contribution in [0.5, 0.6) is 0 Å². The highest BCUT2D eigenvalue weighted by Gasteiger charge is 2.49. The fraction of sp³-hybridized carbons (Fsp3) is 0.182. The van der Waals surface area contributed by atoms with E-state index in [4.69, 9.17) is 9.15 Å². The van der Waals surface area contributed by atoms with Crippen LogP contribution in [0.15, 0.2) is 71.3 Å². The molecule has 0 saturated carbocycles. The highest BCUT2D eigenvalue weighted by atomic mass is 16.5. The van der Waals surface area contributed by atoms with Gasteiger partial charge in [-0.25, -0.2) is 9.78 Å². The number of hydrogen-bond donors (Lipinski definition) is 1. The van der Waals surface area contributed by atoms with Gasteiger partial charge in [-0.05, 0) is 12.5 Å². The summed E-state index contributed by atoms with van der Waals surface area (Å²) in [6.07, 6.45) is 1.54. The van der Waals surface area contributed by atoms with Crippen LogP contribution in [0.1, 0.15) is 18.4 Å². The molecule has 0 unspecified atom stereocenters. The zero-order valence-corrected chi connectivity index (χ0v) is 16.2. The van der Waals surface area contributed by atoms with Gasteiger partial charge >= 0.3 is 12.0 Å². The molecule has 8 heteroatoms. The quantitative estimate of drug-likeness (QED) is 0.500. The van der Waals surface area contributed by atoms with Crippen molar-refractivity contribution in [1.82, 2.24) is 15.2 Å². The van der Waals surface area contributed by atoms with Gasteiger partial charge in [0, 0.05) is 5.56 Å². The number of carbonyl (C=O) groups excluding carboxylic acids is 3. The van der Waals surface area contributed by atoms with Crippen LogP contribution in [0.3, 0.4) is 0 Å². The first kappa shape index (κ1) is 19.4. The molecule has 4 rings (SSSR count). The minimum Gasteiger partial charge on any atom is -0.454 e. The maximum atomic E-state index is 12.8. The average molecular weight is 405 g/mol. The lowest BCUT2D eigenvalue weighted by atomic mass is 9.92. The molecule has 0 spiro atoms. The molecule has 1 aliphatic rings. The molecule has 8 nitrogen and oxygen atoms in total. The van der Waals surface area contributed by atoms with Crippen LogP contribution in [-0.4, -0.2) is 34.3 Å². The maximum Gasteiger partial charge on any atom is 0.326 e. The summed E-state index contributed by atoms with van der Waals surface area (Å²) in [5.41, 5.74) is 0.251. The highest BCUT2D eigenvalue weighted by molar-refractivity contribution is 6.08. The topological polar surface area (TPSA) is 102 Å². The summed E-state index contributed by atoms with van der Waals surface area (Å²) in [6.45, 7) is 0.899. The summed E-state index contributed by atoms with van der Waals surface area (Å²) >= 11 is 0. The number of aromatic nitrogens is 1. The van der Waals surface area contributed by atoms with Crippen molar-refractivity contribution in [1.29, 1.82) is 0 Å². The number of ether oxygens (including phenoxy) is 1. The van der Waals surface area contributed by atoms with Gasteiger partial charge in [0.25, 0.3) is 5.91 Å². The Bertz CT molecular complexity index is 1080. The average Bonchev–Trinajstić information content (AvgIpc) is 3.33. The molecule has 2 aromatic carbocycles. The predicted molar refractivity (Wildman–Crippen MR) is 106 cm³/mol. The molecule has 2 heterocycles. The van der Waals surface area contributed by atoms with Gasteiger partial charge in [0.15, 0.2) is 12.4 Å². The third-order valence-corrected chi connectivity index (χ3v) is 4.88. The van der Waals surface area contributed by atoms with Crippen molar-refractivity contribution in [2.24, 2.45) is 0 Å². The lowest BCUT2D eigenvalue weighted by molar-refractivity contribution is -0.149. The molecule has 1 saturated heterocycles. The summed E-state index contributed by atoms with van der Waals surface area (Å²) < 4.78 is 10.7. The zero-order chi connectivity index (χ0) is 21.1. The van der Waals surface area contributed by atoms with Gasteiger partial charge in [0.05, 0.1) is 6.20 Å². The van der Waals surface area contributed by atoms with E-state index < -0.39 is 30.0 Å². The van der Waals surface area contributed by atoms with Crippen molar-refractivity contribution in [2.75, 3.05) is 6.54 Å². The molecule has 0 aliphatic carbocycles. The van der Waals surface area contributed by atoms with E-state index in [1.165, 1.54) is 0 Å². The number of imide groups is 1. The van der Waals surface area contributed by atoms with Gasteiger partial charge in [0.1, 0.15) is 12.1 Å². The lowest BCUT2D eigenvalue weighted by Crippen LogP contribution is -2.41. The van der Waals surface area contributed by atoms with Crippen LogP contribution >= 0.6 is 0 Å². The van der Waals surface area contributed by atoms with E-state index in [1.807, 2.05) is 36.4 Å². The van der Waals surface area contributed by atoms with Gasteiger partial charge in [0.2, 0.25) is 5.89 Å². The number of amides is 3. The maximum absolute atomic E-state index is 12.8. The Labute approximate surface area is 172 Å². The van der Waals surface area contributed by atoms with E-state index in [0.29, 0.717) is 11.3 Å². The normalized spacial score (nSPS) is 18.4. The Morgan fingerprint density at radius 3 is 2.47 bits per heavy atom. The molecule has 1 N–H and O–H groups in total. The number of esters is 1. The number of carbonyl (C=O) groups is 3. The Balaban J connectivity index is 1.37. The van der Waals surface area contributed by atoms with Crippen LogP contribution < -0.4 is 5.32 Å². The van der Waals surface area contributed by atoms with E-state index in [0.717, 1.165) is 10.5 Å². The van der Waals surface area contributed by atoms with E-state index in [-0.39, 0.29) is 12.5 Å². The Morgan fingerprint density at radius 2 is 1.77 bits per heavy atom. The van der Waals surface area contributed by atoms with E-state index in [1.54, 1.807) is 37.4 Å². The van der Waals surface area contributed by atoms with Crippen molar-refractivity contribution < 1.29 is 23.5 Å².